The Morgan fingerprint density at radius 3 is 2.74 bits per heavy atom. The van der Waals surface area contributed by atoms with Gasteiger partial charge in [-0.1, -0.05) is 24.6 Å². The molecule has 0 saturated carbocycles. The first-order chi connectivity index (χ1) is 10.4. The highest BCUT2D eigenvalue weighted by atomic mass is 35.5. The summed E-state index contributed by atoms with van der Waals surface area (Å²) in [7, 11) is 0. The van der Waals surface area contributed by atoms with Crippen LogP contribution < -0.4 is 16.8 Å². The van der Waals surface area contributed by atoms with Gasteiger partial charge in [0.25, 0.3) is 0 Å². The average Bonchev–Trinajstić information content (AvgIpc) is 2.43. The van der Waals surface area contributed by atoms with Crippen LogP contribution in [0.4, 0.5) is 17.5 Å². The van der Waals surface area contributed by atoms with Crippen molar-refractivity contribution in [1.82, 2.24) is 9.97 Å². The SMILES string of the molecule is CC1CC(C)c2cc(Cc3cnc(N)nc3N)cc(Cl)c2N1.O. The number of nitrogens with two attached hydrogens (primary N) is 2. The zero-order chi connectivity index (χ0) is 15.9. The lowest BCUT2D eigenvalue weighted by molar-refractivity contribution is 0.589. The topological polar surface area (TPSA) is 121 Å². The van der Waals surface area contributed by atoms with Crippen molar-refractivity contribution in [3.05, 3.63) is 40.0 Å². The van der Waals surface area contributed by atoms with E-state index in [1.807, 2.05) is 6.07 Å². The maximum absolute atomic E-state index is 6.46. The van der Waals surface area contributed by atoms with Gasteiger partial charge in [0.2, 0.25) is 5.95 Å². The molecule has 2 unspecified atom stereocenters. The number of anilines is 3. The van der Waals surface area contributed by atoms with Gasteiger partial charge in [-0.3, -0.25) is 0 Å². The molecular weight excluding hydrogens is 314 g/mol. The first kappa shape index (κ1) is 17.3. The van der Waals surface area contributed by atoms with Crippen molar-refractivity contribution < 1.29 is 5.48 Å². The Morgan fingerprint density at radius 2 is 2.04 bits per heavy atom. The predicted octanol–water partition coefficient (Wildman–Crippen LogP) is 2.37. The minimum atomic E-state index is 0. The fourth-order valence-electron chi connectivity index (χ4n) is 3.08. The summed E-state index contributed by atoms with van der Waals surface area (Å²) >= 11 is 6.46. The molecule has 0 bridgehead atoms. The number of fused-ring (bicyclic) bond motifs is 1. The summed E-state index contributed by atoms with van der Waals surface area (Å²) in [5.41, 5.74) is 15.7. The molecule has 6 nitrogen and oxygen atoms in total. The van der Waals surface area contributed by atoms with Gasteiger partial charge in [0.05, 0.1) is 10.7 Å². The normalized spacial score (nSPS) is 19.4. The standard InChI is InChI=1S/C16H20ClN5.H2O/c1-8-3-9(2)21-14-12(8)5-10(6-13(14)17)4-11-7-20-16(19)22-15(11)18;/h5-9,21H,3-4H2,1-2H3,(H4,18,19,20,22);1H2. The van der Waals surface area contributed by atoms with Crippen molar-refractivity contribution in [1.29, 1.82) is 0 Å². The van der Waals surface area contributed by atoms with Gasteiger partial charge < -0.3 is 22.3 Å². The van der Waals surface area contributed by atoms with Gasteiger partial charge in [0.15, 0.2) is 0 Å². The number of halogens is 1. The van der Waals surface area contributed by atoms with E-state index < -0.39 is 0 Å². The predicted molar refractivity (Wildman–Crippen MR) is 94.8 cm³/mol. The van der Waals surface area contributed by atoms with E-state index in [0.717, 1.165) is 28.3 Å². The van der Waals surface area contributed by atoms with E-state index in [1.54, 1.807) is 6.20 Å². The smallest absolute Gasteiger partial charge is 0.221 e. The van der Waals surface area contributed by atoms with Gasteiger partial charge in [-0.15, -0.1) is 0 Å². The van der Waals surface area contributed by atoms with Crippen LogP contribution >= 0.6 is 11.6 Å². The van der Waals surface area contributed by atoms with Crippen LogP contribution in [0.3, 0.4) is 0 Å². The zero-order valence-corrected chi connectivity index (χ0v) is 14.0. The Bertz CT molecular complexity index is 722. The second kappa shape index (κ2) is 6.60. The highest BCUT2D eigenvalue weighted by Crippen LogP contribution is 2.39. The van der Waals surface area contributed by atoms with Crippen LogP contribution in [-0.4, -0.2) is 21.5 Å². The molecule has 2 atom stereocenters. The Kier molecular flexibility index (Phi) is 4.97. The maximum atomic E-state index is 6.46. The van der Waals surface area contributed by atoms with Crippen molar-refractivity contribution in [2.24, 2.45) is 0 Å². The Balaban J connectivity index is 0.00000192. The minimum Gasteiger partial charge on any atom is -0.412 e. The Hall–Kier alpha value is -2.05. The summed E-state index contributed by atoms with van der Waals surface area (Å²) in [6.07, 6.45) is 3.41. The van der Waals surface area contributed by atoms with Gasteiger partial charge in [-0.2, -0.15) is 4.98 Å². The number of hydrogen-bond acceptors (Lipinski definition) is 5. The molecular formula is C16H22ClN5O. The quantitative estimate of drug-likeness (QED) is 0.777. The molecule has 0 saturated heterocycles. The lowest BCUT2D eigenvalue weighted by Gasteiger charge is -2.30. The summed E-state index contributed by atoms with van der Waals surface area (Å²) in [6.45, 7) is 4.41. The van der Waals surface area contributed by atoms with E-state index in [0.29, 0.717) is 24.2 Å². The molecule has 1 aromatic carbocycles. The van der Waals surface area contributed by atoms with E-state index in [1.165, 1.54) is 5.56 Å². The molecule has 0 amide bonds. The minimum absolute atomic E-state index is 0. The van der Waals surface area contributed by atoms with Crippen LogP contribution in [-0.2, 0) is 6.42 Å². The third kappa shape index (κ3) is 3.48. The van der Waals surface area contributed by atoms with Crippen molar-refractivity contribution >= 4 is 29.1 Å². The lowest BCUT2D eigenvalue weighted by Crippen LogP contribution is -2.24. The largest absolute Gasteiger partial charge is 0.412 e. The van der Waals surface area contributed by atoms with E-state index in [9.17, 15) is 0 Å². The number of nitrogens with zero attached hydrogens (tertiary/aromatic N) is 2. The third-order valence-electron chi connectivity index (χ3n) is 4.12. The van der Waals surface area contributed by atoms with Gasteiger partial charge in [0.1, 0.15) is 5.82 Å². The molecule has 0 spiro atoms. The van der Waals surface area contributed by atoms with E-state index in [-0.39, 0.29) is 11.4 Å². The summed E-state index contributed by atoms with van der Waals surface area (Å²) in [5, 5.41) is 4.22. The number of aromatic nitrogens is 2. The maximum Gasteiger partial charge on any atom is 0.221 e. The number of benzene rings is 1. The van der Waals surface area contributed by atoms with Gasteiger partial charge in [-0.25, -0.2) is 4.98 Å². The monoisotopic (exact) mass is 335 g/mol. The molecule has 7 N–H and O–H groups in total. The molecule has 0 radical (unpaired) electrons. The summed E-state index contributed by atoms with van der Waals surface area (Å²) in [4.78, 5) is 8.02. The van der Waals surface area contributed by atoms with E-state index in [4.69, 9.17) is 23.1 Å². The van der Waals surface area contributed by atoms with Crippen LogP contribution in [0.25, 0.3) is 0 Å². The van der Waals surface area contributed by atoms with Crippen LogP contribution in [0.1, 0.15) is 42.9 Å². The molecule has 1 aliphatic heterocycles. The molecule has 0 aliphatic carbocycles. The van der Waals surface area contributed by atoms with Crippen LogP contribution in [0.2, 0.25) is 5.02 Å². The number of hydrogen-bond donors (Lipinski definition) is 3. The summed E-state index contributed by atoms with van der Waals surface area (Å²) in [5.74, 6) is 1.08. The summed E-state index contributed by atoms with van der Waals surface area (Å²) in [6, 6.07) is 4.61. The molecule has 1 aliphatic rings. The fourth-order valence-corrected chi connectivity index (χ4v) is 3.39. The molecule has 0 fully saturated rings. The molecule has 124 valence electrons. The highest BCUT2D eigenvalue weighted by molar-refractivity contribution is 6.33. The van der Waals surface area contributed by atoms with Gasteiger partial charge in [-0.05, 0) is 36.5 Å². The second-order valence-corrected chi connectivity index (χ2v) is 6.45. The van der Waals surface area contributed by atoms with E-state index in [2.05, 4.69) is 35.2 Å². The molecule has 7 heteroatoms. The van der Waals surface area contributed by atoms with Gasteiger partial charge in [0, 0.05) is 24.2 Å². The van der Waals surface area contributed by atoms with Crippen molar-refractivity contribution in [2.45, 2.75) is 38.6 Å². The van der Waals surface area contributed by atoms with E-state index >= 15 is 0 Å². The molecule has 3 rings (SSSR count). The molecule has 2 aromatic rings. The Morgan fingerprint density at radius 1 is 1.30 bits per heavy atom. The first-order valence-electron chi connectivity index (χ1n) is 7.39. The van der Waals surface area contributed by atoms with Gasteiger partial charge >= 0.3 is 0 Å². The van der Waals surface area contributed by atoms with Crippen LogP contribution in [0.15, 0.2) is 18.3 Å². The summed E-state index contributed by atoms with van der Waals surface area (Å²) < 4.78 is 0. The molecule has 1 aromatic heterocycles. The Labute approximate surface area is 140 Å². The average molecular weight is 336 g/mol. The fraction of sp³-hybridized carbons (Fsp3) is 0.375. The van der Waals surface area contributed by atoms with Crippen molar-refractivity contribution in [3.63, 3.8) is 0 Å². The number of rotatable bonds is 2. The third-order valence-corrected chi connectivity index (χ3v) is 4.42. The van der Waals surface area contributed by atoms with Crippen molar-refractivity contribution in [3.8, 4) is 0 Å². The number of nitrogen functional groups attached to an aromatic ring is 2. The lowest BCUT2D eigenvalue weighted by atomic mass is 9.87. The zero-order valence-electron chi connectivity index (χ0n) is 13.2. The van der Waals surface area contributed by atoms with Crippen LogP contribution in [0.5, 0.6) is 0 Å². The molecule has 23 heavy (non-hydrogen) atoms. The first-order valence-corrected chi connectivity index (χ1v) is 7.77. The second-order valence-electron chi connectivity index (χ2n) is 6.04. The van der Waals surface area contributed by atoms with Crippen LogP contribution in [0, 0.1) is 0 Å². The highest BCUT2D eigenvalue weighted by Gasteiger charge is 2.23. The number of nitrogens with one attached hydrogen (secondary N) is 1. The van der Waals surface area contributed by atoms with Crippen molar-refractivity contribution in [2.75, 3.05) is 16.8 Å². The molecule has 2 heterocycles.